The van der Waals surface area contributed by atoms with Gasteiger partial charge in [-0.2, -0.15) is 0 Å². The van der Waals surface area contributed by atoms with Gasteiger partial charge in [-0.05, 0) is 25.3 Å². The van der Waals surface area contributed by atoms with Crippen molar-refractivity contribution >= 4 is 15.6 Å². The van der Waals surface area contributed by atoms with Gasteiger partial charge in [0.15, 0.2) is 23.3 Å². The Kier molecular flexibility index (Phi) is 8.64. The highest BCUT2D eigenvalue weighted by atomic mass is 31.2. The summed E-state index contributed by atoms with van der Waals surface area (Å²) in [4.78, 5) is 0. The summed E-state index contributed by atoms with van der Waals surface area (Å²) < 4.78 is 94.9. The second-order valence-electron chi connectivity index (χ2n) is 4.73. The topological polar surface area (TPSA) is 61.8 Å². The van der Waals surface area contributed by atoms with Crippen LogP contribution in [-0.4, -0.2) is 19.8 Å². The number of rotatable bonds is 10. The summed E-state index contributed by atoms with van der Waals surface area (Å²) in [6, 6.07) is 0. The first kappa shape index (κ1) is 22.2. The zero-order chi connectivity index (χ0) is 19.2. The molecular weight excluding hydrogens is 386 g/mol. The highest BCUT2D eigenvalue weighted by molar-refractivity contribution is 7.53. The van der Waals surface area contributed by atoms with Crippen LogP contribution in [0.1, 0.15) is 31.9 Å². The lowest BCUT2D eigenvalue weighted by molar-refractivity contribution is 0.218. The van der Waals surface area contributed by atoms with Crippen molar-refractivity contribution in [3.05, 3.63) is 34.4 Å². The first-order chi connectivity index (χ1) is 11.7. The smallest absolute Gasteiger partial charge is 0.309 e. The number of benzene rings is 1. The summed E-state index contributed by atoms with van der Waals surface area (Å²) >= 11 is 0. The summed E-state index contributed by atoms with van der Waals surface area (Å²) in [5.41, 5.74) is -2.12. The van der Waals surface area contributed by atoms with Gasteiger partial charge >= 0.3 is 15.6 Å². The highest BCUT2D eigenvalue weighted by Crippen LogP contribution is 2.52. The fourth-order valence-corrected chi connectivity index (χ4v) is 4.66. The maximum atomic E-state index is 14.2. The molecule has 11 heteroatoms. The molecule has 1 rings (SSSR count). The maximum absolute atomic E-state index is 14.2. The van der Waals surface area contributed by atoms with Crippen molar-refractivity contribution in [3.8, 4) is 0 Å². The third-order valence-corrected chi connectivity index (χ3v) is 6.14. The minimum atomic E-state index is -3.98. The van der Waals surface area contributed by atoms with Gasteiger partial charge in [0, 0.05) is 5.56 Å². The summed E-state index contributed by atoms with van der Waals surface area (Å²) in [6.45, 7) is 4.30. The molecule has 0 N–H and O–H groups in total. The van der Waals surface area contributed by atoms with E-state index in [1.807, 2.05) is 0 Å². The largest absolute Gasteiger partial charge is 0.513 e. The van der Waals surface area contributed by atoms with Gasteiger partial charge in [-0.25, -0.2) is 17.6 Å². The van der Waals surface area contributed by atoms with E-state index in [0.29, 0.717) is 0 Å². The quantitative estimate of drug-likeness (QED) is 0.301. The number of hydrogen-bond acceptors (Lipinski definition) is 5. The van der Waals surface area contributed by atoms with E-state index in [1.165, 1.54) is 20.8 Å². The van der Waals surface area contributed by atoms with Gasteiger partial charge in [-0.3, -0.25) is 4.57 Å². The van der Waals surface area contributed by atoms with E-state index in [0.717, 1.165) is 0 Å². The minimum Gasteiger partial charge on any atom is -0.309 e. The van der Waals surface area contributed by atoms with Crippen molar-refractivity contribution in [2.45, 2.75) is 33.1 Å². The predicted molar refractivity (Wildman–Crippen MR) is 83.8 cm³/mol. The van der Waals surface area contributed by atoms with E-state index in [4.69, 9.17) is 9.05 Å². The molecule has 5 nitrogen and oxygen atoms in total. The van der Waals surface area contributed by atoms with E-state index < -0.39 is 62.3 Å². The lowest BCUT2D eigenvalue weighted by Gasteiger charge is -2.18. The Morgan fingerprint density at radius 3 is 1.68 bits per heavy atom. The molecule has 1 atom stereocenters. The molecule has 0 fully saturated rings. The Morgan fingerprint density at radius 2 is 1.28 bits per heavy atom. The molecule has 0 saturated heterocycles. The average molecular weight is 405 g/mol. The molecule has 0 aromatic heterocycles. The van der Waals surface area contributed by atoms with Crippen molar-refractivity contribution in [1.82, 2.24) is 0 Å². The van der Waals surface area contributed by atoms with Crippen LogP contribution in [0.15, 0.2) is 0 Å². The van der Waals surface area contributed by atoms with Gasteiger partial charge in [0.05, 0.1) is 31.5 Å². The Bertz CT molecular complexity index is 645. The Balaban J connectivity index is 3.32. The van der Waals surface area contributed by atoms with Crippen LogP contribution in [-0.2, 0) is 35.0 Å². The number of hydrogen-bond donors (Lipinski definition) is 0. The normalized spacial score (nSPS) is 12.5. The second kappa shape index (κ2) is 9.74. The van der Waals surface area contributed by atoms with Crippen LogP contribution < -0.4 is 0 Å². The lowest BCUT2D eigenvalue weighted by atomic mass is 10.1. The third-order valence-electron chi connectivity index (χ3n) is 3.01. The molecule has 0 spiro atoms. The van der Waals surface area contributed by atoms with Crippen molar-refractivity contribution < 1.29 is 40.3 Å². The van der Waals surface area contributed by atoms with Crippen molar-refractivity contribution in [2.75, 3.05) is 19.8 Å². The molecule has 0 radical (unpaired) electrons. The second-order valence-corrected chi connectivity index (χ2v) is 8.02. The average Bonchev–Trinajstić information content (AvgIpc) is 2.54. The lowest BCUT2D eigenvalue weighted by Crippen LogP contribution is -2.10. The molecule has 0 amide bonds. The third kappa shape index (κ3) is 5.56. The monoisotopic (exact) mass is 405 g/mol. The Labute approximate surface area is 144 Å². The standard InChI is InChI=1S/C14H19F4O5P2/c1-4-21-24(19)7-9-11(15)13(17)10(14(18)12(9)16)8-25(20,22-5-2)23-6-3/h4-8H2,1-3H3/q+1. The summed E-state index contributed by atoms with van der Waals surface area (Å²) in [6.07, 6.45) is -1.80. The van der Waals surface area contributed by atoms with E-state index in [-0.39, 0.29) is 19.8 Å². The van der Waals surface area contributed by atoms with Crippen molar-refractivity contribution in [2.24, 2.45) is 0 Å². The molecule has 0 aliphatic heterocycles. The van der Waals surface area contributed by atoms with E-state index >= 15 is 0 Å². The number of halogens is 4. The first-order valence-corrected chi connectivity index (χ1v) is 10.6. The van der Waals surface area contributed by atoms with E-state index in [9.17, 15) is 26.7 Å². The Hall–Kier alpha value is -0.850. The van der Waals surface area contributed by atoms with Gasteiger partial charge in [-0.15, -0.1) is 4.52 Å². The van der Waals surface area contributed by atoms with Gasteiger partial charge < -0.3 is 9.05 Å². The Morgan fingerprint density at radius 1 is 0.840 bits per heavy atom. The van der Waals surface area contributed by atoms with Gasteiger partial charge in [0.1, 0.15) is 0 Å². The zero-order valence-corrected chi connectivity index (χ0v) is 15.8. The molecule has 142 valence electrons. The van der Waals surface area contributed by atoms with Gasteiger partial charge in [0.2, 0.25) is 6.16 Å². The van der Waals surface area contributed by atoms with Crippen LogP contribution in [0, 0.1) is 23.3 Å². The zero-order valence-electron chi connectivity index (χ0n) is 14.0. The van der Waals surface area contributed by atoms with Crippen LogP contribution in [0.25, 0.3) is 0 Å². The molecule has 1 unspecified atom stereocenters. The van der Waals surface area contributed by atoms with Crippen LogP contribution in [0.2, 0.25) is 0 Å². The molecule has 25 heavy (non-hydrogen) atoms. The van der Waals surface area contributed by atoms with E-state index in [1.54, 1.807) is 0 Å². The van der Waals surface area contributed by atoms with Gasteiger partial charge in [-0.1, -0.05) is 0 Å². The van der Waals surface area contributed by atoms with E-state index in [2.05, 4.69) is 4.52 Å². The molecule has 0 heterocycles. The molecule has 0 bridgehead atoms. The van der Waals surface area contributed by atoms with Crippen LogP contribution in [0.5, 0.6) is 0 Å². The fourth-order valence-electron chi connectivity index (χ4n) is 2.03. The molecule has 0 aliphatic carbocycles. The summed E-state index contributed by atoms with van der Waals surface area (Å²) in [7, 11) is -6.51. The fraction of sp³-hybridized carbons (Fsp3) is 0.571. The van der Waals surface area contributed by atoms with Crippen molar-refractivity contribution in [1.29, 1.82) is 0 Å². The molecule has 1 aromatic carbocycles. The van der Waals surface area contributed by atoms with Crippen LogP contribution in [0.4, 0.5) is 17.6 Å². The first-order valence-electron chi connectivity index (χ1n) is 7.50. The van der Waals surface area contributed by atoms with Crippen LogP contribution in [0.3, 0.4) is 0 Å². The minimum absolute atomic E-state index is 0.00733. The molecule has 1 aromatic rings. The molecule has 0 aliphatic rings. The van der Waals surface area contributed by atoms with Crippen molar-refractivity contribution in [3.63, 3.8) is 0 Å². The SMILES string of the molecule is CCO[P+](=O)Cc1c(F)c(F)c(CP(=O)(OCC)OCC)c(F)c1F. The van der Waals surface area contributed by atoms with Gasteiger partial charge in [0.25, 0.3) is 0 Å². The highest BCUT2D eigenvalue weighted by Gasteiger charge is 2.35. The molecular formula is C14H19F4O5P2+. The summed E-state index contributed by atoms with van der Waals surface area (Å²) in [5.74, 6) is -6.88. The summed E-state index contributed by atoms with van der Waals surface area (Å²) in [5, 5.41) is 0. The maximum Gasteiger partial charge on any atom is 0.513 e. The van der Waals surface area contributed by atoms with Crippen LogP contribution >= 0.6 is 15.6 Å². The predicted octanol–water partition coefficient (Wildman–Crippen LogP) is 5.29. The molecule has 0 saturated carbocycles.